The summed E-state index contributed by atoms with van der Waals surface area (Å²) in [6.45, 7) is 2.13. The van der Waals surface area contributed by atoms with Gasteiger partial charge in [-0.1, -0.05) is 6.07 Å². The smallest absolute Gasteiger partial charge is 0.418 e. The van der Waals surface area contributed by atoms with Crippen LogP contribution in [-0.2, 0) is 22.8 Å². The molecule has 1 saturated heterocycles. The third-order valence-corrected chi connectivity index (χ3v) is 7.40. The number of benzene rings is 2. The van der Waals surface area contributed by atoms with Crippen LogP contribution in [0.25, 0.3) is 38.8 Å². The highest BCUT2D eigenvalue weighted by Gasteiger charge is 2.36. The molecular weight excluding hydrogens is 623 g/mol. The summed E-state index contributed by atoms with van der Waals surface area (Å²) < 4.78 is 50.7. The van der Waals surface area contributed by atoms with Gasteiger partial charge in [0.25, 0.3) is 0 Å². The van der Waals surface area contributed by atoms with Crippen LogP contribution in [0.2, 0.25) is 0 Å². The van der Waals surface area contributed by atoms with E-state index in [0.717, 1.165) is 11.6 Å². The highest BCUT2D eigenvalue weighted by Crippen LogP contribution is 2.39. The first-order valence-corrected chi connectivity index (χ1v) is 14.1. The van der Waals surface area contributed by atoms with Crippen molar-refractivity contribution in [2.75, 3.05) is 38.2 Å². The Kier molecular flexibility index (Phi) is 9.23. The number of imidazole rings is 1. The van der Waals surface area contributed by atoms with E-state index >= 15 is 0 Å². The van der Waals surface area contributed by atoms with Gasteiger partial charge < -0.3 is 25.2 Å². The van der Waals surface area contributed by atoms with E-state index in [1.165, 1.54) is 22.3 Å². The van der Waals surface area contributed by atoms with Crippen molar-refractivity contribution >= 4 is 39.6 Å². The maximum absolute atomic E-state index is 14.3. The molecule has 0 spiro atoms. The Morgan fingerprint density at radius 1 is 0.936 bits per heavy atom. The van der Waals surface area contributed by atoms with Gasteiger partial charge in [0.15, 0.2) is 0 Å². The number of methoxy groups -OCH3 is 1. The van der Waals surface area contributed by atoms with Crippen molar-refractivity contribution in [3.63, 3.8) is 0 Å². The van der Waals surface area contributed by atoms with Crippen molar-refractivity contribution in [2.24, 2.45) is 7.05 Å². The number of nitrogens with one attached hydrogen (secondary N) is 1. The van der Waals surface area contributed by atoms with Gasteiger partial charge in [-0.2, -0.15) is 13.2 Å². The standard InChI is InChI=1S/C27H24F3N7O2.C4H4O4/c1-35-23-15-32-21-5-3-16(17-13-33-25(39-2)34-14-17)11-19(21)24(23)37(26(35)38)18-4-6-22(20(12-18)27(28,29)30)36-9-7-31-8-10-36;5-3(6)1-2-4(7)8/h3-6,11-15,31H,7-10H2,1-2H3;1-2H,(H,5,6)(H,7,8)/b;2-1-. The number of carboxylic acids is 2. The Morgan fingerprint density at radius 2 is 1.60 bits per heavy atom. The molecule has 3 N–H and O–H groups in total. The quantitative estimate of drug-likeness (QED) is 0.230. The molecule has 2 aromatic carbocycles. The Balaban J connectivity index is 0.000000483. The lowest BCUT2D eigenvalue weighted by Gasteiger charge is -2.31. The fraction of sp³-hybridized carbons (Fsp3) is 0.226. The molecular formula is C31H28F3N7O6. The summed E-state index contributed by atoms with van der Waals surface area (Å²) in [5, 5.41) is 19.4. The predicted molar refractivity (Wildman–Crippen MR) is 166 cm³/mol. The lowest BCUT2D eigenvalue weighted by atomic mass is 10.0. The zero-order chi connectivity index (χ0) is 33.9. The molecule has 0 radical (unpaired) electrons. The Morgan fingerprint density at radius 3 is 2.19 bits per heavy atom. The summed E-state index contributed by atoms with van der Waals surface area (Å²) >= 11 is 0. The van der Waals surface area contributed by atoms with Crippen LogP contribution in [0, 0.1) is 0 Å². The van der Waals surface area contributed by atoms with Crippen LogP contribution in [0.15, 0.2) is 71.9 Å². The number of carbonyl (C=O) groups is 2. The summed E-state index contributed by atoms with van der Waals surface area (Å²) in [6, 6.07) is 9.80. The second kappa shape index (κ2) is 13.3. The third kappa shape index (κ3) is 6.91. The molecule has 1 aliphatic rings. The van der Waals surface area contributed by atoms with Crippen molar-refractivity contribution in [1.82, 2.24) is 29.4 Å². The van der Waals surface area contributed by atoms with Crippen LogP contribution < -0.4 is 20.6 Å². The van der Waals surface area contributed by atoms with Crippen LogP contribution >= 0.6 is 0 Å². The van der Waals surface area contributed by atoms with Crippen LogP contribution in [0.5, 0.6) is 6.01 Å². The first-order valence-electron chi connectivity index (χ1n) is 14.1. The number of hydrogen-bond donors (Lipinski definition) is 3. The molecule has 0 bridgehead atoms. The number of carboxylic acid groups (broad SMARTS) is 2. The topological polar surface area (TPSA) is 165 Å². The Labute approximate surface area is 264 Å². The van der Waals surface area contributed by atoms with Crippen LogP contribution in [-0.4, -0.2) is 79.5 Å². The van der Waals surface area contributed by atoms with Gasteiger partial charge in [0.2, 0.25) is 0 Å². The summed E-state index contributed by atoms with van der Waals surface area (Å²) in [5.41, 5.74) is 2.00. The maximum Gasteiger partial charge on any atom is 0.418 e. The molecule has 1 fully saturated rings. The molecule has 4 heterocycles. The number of ether oxygens (including phenoxy) is 1. The number of aliphatic carboxylic acids is 2. The molecule has 0 atom stereocenters. The number of hydrogen-bond acceptors (Lipinski definition) is 9. The first kappa shape index (κ1) is 32.6. The molecule has 47 heavy (non-hydrogen) atoms. The monoisotopic (exact) mass is 651 g/mol. The Hall–Kier alpha value is -5.77. The second-order valence-corrected chi connectivity index (χ2v) is 10.3. The lowest BCUT2D eigenvalue weighted by Crippen LogP contribution is -2.44. The number of anilines is 1. The van der Waals surface area contributed by atoms with Crippen molar-refractivity contribution in [3.05, 3.63) is 83.2 Å². The van der Waals surface area contributed by atoms with E-state index in [2.05, 4.69) is 20.3 Å². The number of rotatable bonds is 6. The van der Waals surface area contributed by atoms with Gasteiger partial charge in [-0.15, -0.1) is 0 Å². The van der Waals surface area contributed by atoms with E-state index in [1.54, 1.807) is 42.7 Å². The SMILES string of the molecule is COc1ncc(-c2ccc3ncc4c(c3c2)n(-c2ccc(N3CCNCC3)c(C(F)(F)F)c2)c(=O)n4C)cn1.O=C(O)/C=C\C(=O)O. The molecule has 6 rings (SSSR count). The fourth-order valence-electron chi connectivity index (χ4n) is 5.20. The molecule has 244 valence electrons. The maximum atomic E-state index is 14.3. The average molecular weight is 652 g/mol. The zero-order valence-corrected chi connectivity index (χ0v) is 25.0. The molecule has 5 aromatic rings. The average Bonchev–Trinajstić information content (AvgIpc) is 3.33. The van der Waals surface area contributed by atoms with E-state index in [0.29, 0.717) is 65.8 Å². The molecule has 0 unspecified atom stereocenters. The van der Waals surface area contributed by atoms with Gasteiger partial charge in [0.05, 0.1) is 41.1 Å². The number of aryl methyl sites for hydroxylation is 1. The van der Waals surface area contributed by atoms with E-state index in [4.69, 9.17) is 14.9 Å². The summed E-state index contributed by atoms with van der Waals surface area (Å²) in [7, 11) is 3.05. The second-order valence-electron chi connectivity index (χ2n) is 10.3. The Bertz CT molecular complexity index is 2030. The number of halogens is 3. The molecule has 3 aromatic heterocycles. The van der Waals surface area contributed by atoms with Gasteiger partial charge in [-0.05, 0) is 35.9 Å². The van der Waals surface area contributed by atoms with Gasteiger partial charge >= 0.3 is 29.8 Å². The predicted octanol–water partition coefficient (Wildman–Crippen LogP) is 3.48. The molecule has 13 nitrogen and oxygen atoms in total. The highest BCUT2D eigenvalue weighted by molar-refractivity contribution is 6.04. The van der Waals surface area contributed by atoms with E-state index in [-0.39, 0.29) is 17.4 Å². The number of nitrogens with zero attached hydrogens (tertiary/aromatic N) is 6. The van der Waals surface area contributed by atoms with E-state index in [9.17, 15) is 27.6 Å². The minimum Gasteiger partial charge on any atom is -0.478 e. The number of fused-ring (bicyclic) bond motifs is 3. The molecule has 0 aliphatic carbocycles. The summed E-state index contributed by atoms with van der Waals surface area (Å²) in [4.78, 5) is 47.1. The first-order chi connectivity index (χ1) is 22.4. The van der Waals surface area contributed by atoms with E-state index in [1.807, 2.05) is 12.1 Å². The van der Waals surface area contributed by atoms with Crippen molar-refractivity contribution in [3.8, 4) is 22.8 Å². The molecule has 16 heteroatoms. The van der Waals surface area contributed by atoms with Gasteiger partial charge in [0, 0.05) is 74.4 Å². The number of piperazine rings is 1. The van der Waals surface area contributed by atoms with Crippen molar-refractivity contribution in [2.45, 2.75) is 6.18 Å². The van der Waals surface area contributed by atoms with Crippen LogP contribution in [0.4, 0.5) is 18.9 Å². The van der Waals surface area contributed by atoms with Gasteiger partial charge in [-0.25, -0.2) is 24.4 Å². The fourth-order valence-corrected chi connectivity index (χ4v) is 5.20. The van der Waals surface area contributed by atoms with Crippen LogP contribution in [0.1, 0.15) is 5.56 Å². The number of aromatic nitrogens is 5. The zero-order valence-electron chi connectivity index (χ0n) is 25.0. The van der Waals surface area contributed by atoms with Crippen molar-refractivity contribution in [1.29, 1.82) is 0 Å². The summed E-state index contributed by atoms with van der Waals surface area (Å²) in [6.07, 6.45) is 1.30. The minimum absolute atomic E-state index is 0.106. The normalized spacial score (nSPS) is 13.5. The molecule has 1 aliphatic heterocycles. The number of pyridine rings is 1. The van der Waals surface area contributed by atoms with Crippen molar-refractivity contribution < 1.29 is 37.7 Å². The third-order valence-electron chi connectivity index (χ3n) is 7.40. The van der Waals surface area contributed by atoms with Gasteiger partial charge in [-0.3, -0.25) is 14.1 Å². The summed E-state index contributed by atoms with van der Waals surface area (Å²) in [5.74, 6) is -2.51. The lowest BCUT2D eigenvalue weighted by molar-refractivity contribution is -0.137. The highest BCUT2D eigenvalue weighted by atomic mass is 19.4. The van der Waals surface area contributed by atoms with E-state index < -0.39 is 29.4 Å². The number of alkyl halides is 3. The van der Waals surface area contributed by atoms with Gasteiger partial charge in [0.1, 0.15) is 0 Å². The molecule has 0 amide bonds. The minimum atomic E-state index is -4.60. The largest absolute Gasteiger partial charge is 0.478 e. The van der Waals surface area contributed by atoms with Crippen LogP contribution in [0.3, 0.4) is 0 Å². The molecule has 0 saturated carbocycles.